The molecule has 0 aliphatic carbocycles. The van der Waals surface area contributed by atoms with Crippen molar-refractivity contribution in [3.8, 4) is 0 Å². The molecule has 1 aromatic carbocycles. The van der Waals surface area contributed by atoms with Crippen LogP contribution < -0.4 is 5.32 Å². The minimum atomic E-state index is 0.00686. The zero-order chi connectivity index (χ0) is 15.2. The van der Waals surface area contributed by atoms with Crippen molar-refractivity contribution >= 4 is 16.9 Å². The Morgan fingerprint density at radius 2 is 2.10 bits per heavy atom. The van der Waals surface area contributed by atoms with Crippen LogP contribution in [-0.2, 0) is 6.54 Å². The molecule has 1 unspecified atom stereocenters. The molecule has 0 spiro atoms. The van der Waals surface area contributed by atoms with Gasteiger partial charge in [0, 0.05) is 37.9 Å². The van der Waals surface area contributed by atoms with Crippen LogP contribution in [0, 0.1) is 0 Å². The van der Waals surface area contributed by atoms with E-state index in [1.165, 1.54) is 10.9 Å². The van der Waals surface area contributed by atoms with Gasteiger partial charge >= 0.3 is 6.03 Å². The number of aromatic nitrogens is 1. The lowest BCUT2D eigenvalue weighted by Crippen LogP contribution is -2.42. The van der Waals surface area contributed by atoms with Gasteiger partial charge in [0.1, 0.15) is 0 Å². The van der Waals surface area contributed by atoms with Gasteiger partial charge in [-0.2, -0.15) is 0 Å². The second-order valence-corrected chi connectivity index (χ2v) is 5.63. The summed E-state index contributed by atoms with van der Waals surface area (Å²) in [7, 11) is 1.85. The van der Waals surface area contributed by atoms with Gasteiger partial charge in [0.15, 0.2) is 0 Å². The van der Waals surface area contributed by atoms with Gasteiger partial charge in [-0.3, -0.25) is 0 Å². The van der Waals surface area contributed by atoms with Crippen molar-refractivity contribution in [2.24, 2.45) is 0 Å². The maximum Gasteiger partial charge on any atom is 0.317 e. The lowest BCUT2D eigenvalue weighted by Gasteiger charge is -2.21. The number of rotatable bonds is 6. The highest BCUT2D eigenvalue weighted by Gasteiger charge is 2.11. The summed E-state index contributed by atoms with van der Waals surface area (Å²) in [5, 5.41) is 4.26. The van der Waals surface area contributed by atoms with Gasteiger partial charge in [-0.1, -0.05) is 31.5 Å². The van der Waals surface area contributed by atoms with Gasteiger partial charge in [0.2, 0.25) is 0 Å². The molecule has 0 saturated carbocycles. The number of hydrogen-bond donors (Lipinski definition) is 1. The number of hydrogen-bond acceptors (Lipinski definition) is 1. The molecule has 21 heavy (non-hydrogen) atoms. The summed E-state index contributed by atoms with van der Waals surface area (Å²) in [5.41, 5.74) is 1.21. The van der Waals surface area contributed by atoms with Crippen molar-refractivity contribution in [3.63, 3.8) is 0 Å². The van der Waals surface area contributed by atoms with Crippen LogP contribution in [0.4, 0.5) is 4.79 Å². The smallest absolute Gasteiger partial charge is 0.317 e. The molecular formula is C17H25N3O. The first-order chi connectivity index (χ1) is 10.1. The van der Waals surface area contributed by atoms with E-state index in [0.29, 0.717) is 6.54 Å². The fraction of sp³-hybridized carbons (Fsp3) is 0.471. The maximum absolute atomic E-state index is 12.1. The number of amides is 2. The minimum Gasteiger partial charge on any atom is -0.346 e. The van der Waals surface area contributed by atoms with Gasteiger partial charge in [-0.05, 0) is 30.9 Å². The molecule has 0 radical (unpaired) electrons. The third-order valence-corrected chi connectivity index (χ3v) is 3.79. The molecular weight excluding hydrogens is 262 g/mol. The Kier molecular flexibility index (Phi) is 5.26. The monoisotopic (exact) mass is 287 g/mol. The first-order valence-electron chi connectivity index (χ1n) is 7.67. The normalized spacial score (nSPS) is 12.3. The molecule has 2 amide bonds. The lowest BCUT2D eigenvalue weighted by atomic mass is 10.2. The van der Waals surface area contributed by atoms with Crippen molar-refractivity contribution < 1.29 is 4.79 Å². The number of likely N-dealkylation sites (N-methyl/N-ethyl adjacent to an activating group) is 1. The number of benzene rings is 1. The van der Waals surface area contributed by atoms with E-state index in [4.69, 9.17) is 0 Å². The summed E-state index contributed by atoms with van der Waals surface area (Å²) < 4.78 is 2.19. The number of para-hydroxylation sites is 1. The molecule has 1 heterocycles. The van der Waals surface area contributed by atoms with Gasteiger partial charge in [-0.15, -0.1) is 0 Å². The molecule has 0 bridgehead atoms. The first kappa shape index (κ1) is 15.4. The summed E-state index contributed by atoms with van der Waals surface area (Å²) >= 11 is 0. The Morgan fingerprint density at radius 3 is 2.86 bits per heavy atom. The standard InChI is InChI=1S/C17H25N3O/c1-4-7-14(2)18-17(21)19(3)12-13-20-11-10-15-8-5-6-9-16(15)20/h5-6,8-11,14H,4,7,12-13H2,1-3H3,(H,18,21). The number of nitrogens with one attached hydrogen (secondary N) is 1. The Balaban J connectivity index is 1.89. The number of nitrogens with zero attached hydrogens (tertiary/aromatic N) is 2. The molecule has 0 aliphatic rings. The van der Waals surface area contributed by atoms with E-state index < -0.39 is 0 Å². The molecule has 114 valence electrons. The summed E-state index contributed by atoms with van der Waals surface area (Å²) in [6.07, 6.45) is 4.18. The van der Waals surface area contributed by atoms with Crippen molar-refractivity contribution in [2.45, 2.75) is 39.3 Å². The van der Waals surface area contributed by atoms with E-state index in [2.05, 4.69) is 48.1 Å². The SMILES string of the molecule is CCCC(C)NC(=O)N(C)CCn1ccc2ccccc21. The van der Waals surface area contributed by atoms with Gasteiger partial charge < -0.3 is 14.8 Å². The Labute approximate surface area is 126 Å². The Morgan fingerprint density at radius 1 is 1.33 bits per heavy atom. The van der Waals surface area contributed by atoms with Crippen LogP contribution in [0.25, 0.3) is 10.9 Å². The van der Waals surface area contributed by atoms with Crippen LogP contribution >= 0.6 is 0 Å². The van der Waals surface area contributed by atoms with Crippen LogP contribution in [0.15, 0.2) is 36.5 Å². The molecule has 1 atom stereocenters. The van der Waals surface area contributed by atoms with Crippen LogP contribution in [0.1, 0.15) is 26.7 Å². The number of fused-ring (bicyclic) bond motifs is 1. The molecule has 0 aliphatic heterocycles. The van der Waals surface area contributed by atoms with Crippen molar-refractivity contribution in [1.82, 2.24) is 14.8 Å². The number of carbonyl (C=O) groups is 1. The Bertz CT molecular complexity index is 590. The van der Waals surface area contributed by atoms with Crippen molar-refractivity contribution in [2.75, 3.05) is 13.6 Å². The van der Waals surface area contributed by atoms with E-state index in [1.54, 1.807) is 4.90 Å². The highest BCUT2D eigenvalue weighted by molar-refractivity contribution is 5.80. The average Bonchev–Trinajstić information content (AvgIpc) is 2.88. The van der Waals surface area contributed by atoms with Crippen LogP contribution in [0.3, 0.4) is 0 Å². The van der Waals surface area contributed by atoms with Gasteiger partial charge in [-0.25, -0.2) is 4.79 Å². The van der Waals surface area contributed by atoms with E-state index in [9.17, 15) is 4.79 Å². The maximum atomic E-state index is 12.1. The zero-order valence-electron chi connectivity index (χ0n) is 13.2. The first-order valence-corrected chi connectivity index (χ1v) is 7.67. The molecule has 4 heteroatoms. The quantitative estimate of drug-likeness (QED) is 0.868. The van der Waals surface area contributed by atoms with Gasteiger partial charge in [0.05, 0.1) is 0 Å². The molecule has 0 fully saturated rings. The fourth-order valence-electron chi connectivity index (χ4n) is 2.52. The molecule has 4 nitrogen and oxygen atoms in total. The van der Waals surface area contributed by atoms with Crippen molar-refractivity contribution in [3.05, 3.63) is 36.5 Å². The summed E-state index contributed by atoms with van der Waals surface area (Å²) in [4.78, 5) is 13.8. The highest BCUT2D eigenvalue weighted by atomic mass is 16.2. The summed E-state index contributed by atoms with van der Waals surface area (Å²) in [6.45, 7) is 5.68. The predicted molar refractivity (Wildman–Crippen MR) is 87.5 cm³/mol. The molecule has 2 aromatic rings. The third-order valence-electron chi connectivity index (χ3n) is 3.79. The fourth-order valence-corrected chi connectivity index (χ4v) is 2.52. The van der Waals surface area contributed by atoms with Crippen LogP contribution in [0.5, 0.6) is 0 Å². The molecule has 0 saturated heterocycles. The topological polar surface area (TPSA) is 37.3 Å². The van der Waals surface area contributed by atoms with E-state index in [0.717, 1.165) is 19.4 Å². The van der Waals surface area contributed by atoms with E-state index in [1.807, 2.05) is 19.2 Å². The van der Waals surface area contributed by atoms with E-state index >= 15 is 0 Å². The van der Waals surface area contributed by atoms with Crippen molar-refractivity contribution in [1.29, 1.82) is 0 Å². The number of urea groups is 1. The average molecular weight is 287 g/mol. The largest absolute Gasteiger partial charge is 0.346 e. The molecule has 1 N–H and O–H groups in total. The second kappa shape index (κ2) is 7.16. The molecule has 1 aromatic heterocycles. The van der Waals surface area contributed by atoms with Crippen LogP contribution in [0.2, 0.25) is 0 Å². The minimum absolute atomic E-state index is 0.00686. The zero-order valence-corrected chi connectivity index (χ0v) is 13.2. The van der Waals surface area contributed by atoms with Crippen LogP contribution in [-0.4, -0.2) is 35.1 Å². The number of carbonyl (C=O) groups excluding carboxylic acids is 1. The highest BCUT2D eigenvalue weighted by Crippen LogP contribution is 2.14. The van der Waals surface area contributed by atoms with Gasteiger partial charge in [0.25, 0.3) is 0 Å². The second-order valence-electron chi connectivity index (χ2n) is 5.63. The Hall–Kier alpha value is -1.97. The third kappa shape index (κ3) is 4.00. The summed E-state index contributed by atoms with van der Waals surface area (Å²) in [6, 6.07) is 10.7. The molecule has 2 rings (SSSR count). The predicted octanol–water partition coefficient (Wildman–Crippen LogP) is 3.47. The lowest BCUT2D eigenvalue weighted by molar-refractivity contribution is 0.203. The summed E-state index contributed by atoms with van der Waals surface area (Å²) in [5.74, 6) is 0. The van der Waals surface area contributed by atoms with E-state index in [-0.39, 0.29) is 12.1 Å².